The Labute approximate surface area is 284 Å². The van der Waals surface area contributed by atoms with Crippen LogP contribution in [0.1, 0.15) is 30.5 Å². The van der Waals surface area contributed by atoms with Gasteiger partial charge in [0.1, 0.15) is 0 Å². The standard InChI is InChI=1S/C47H37N/c1-3-45(36-18-8-5-9-19-36)46-28-10-11-29-47(46)48-34(2)37-20-12-22-39(30-37)41-24-14-26-43(32-41)44-27-15-25-42(33-44)40-23-13-21-38(31-40)35-16-6-4-7-17-35/h3-33H,1-2H3. The Morgan fingerprint density at radius 3 is 1.33 bits per heavy atom. The fourth-order valence-electron chi connectivity index (χ4n) is 6.33. The maximum absolute atomic E-state index is 5.16. The van der Waals surface area contributed by atoms with E-state index in [-0.39, 0.29) is 0 Å². The van der Waals surface area contributed by atoms with Crippen molar-refractivity contribution in [2.24, 2.45) is 4.99 Å². The fourth-order valence-corrected chi connectivity index (χ4v) is 6.33. The number of hydrogen-bond donors (Lipinski definition) is 0. The van der Waals surface area contributed by atoms with Crippen LogP contribution in [0.25, 0.3) is 50.1 Å². The van der Waals surface area contributed by atoms with Crippen LogP contribution in [0, 0.1) is 0 Å². The van der Waals surface area contributed by atoms with E-state index >= 15 is 0 Å². The van der Waals surface area contributed by atoms with Gasteiger partial charge in [-0.15, -0.1) is 0 Å². The molecule has 48 heavy (non-hydrogen) atoms. The van der Waals surface area contributed by atoms with Gasteiger partial charge in [-0.3, -0.25) is 4.99 Å². The molecule has 0 saturated carbocycles. The van der Waals surface area contributed by atoms with Crippen molar-refractivity contribution in [1.82, 2.24) is 0 Å². The second-order valence-electron chi connectivity index (χ2n) is 12.0. The zero-order valence-electron chi connectivity index (χ0n) is 27.3. The van der Waals surface area contributed by atoms with E-state index in [9.17, 15) is 0 Å². The van der Waals surface area contributed by atoms with Gasteiger partial charge in [-0.25, -0.2) is 0 Å². The zero-order valence-corrected chi connectivity index (χ0v) is 27.3. The largest absolute Gasteiger partial charge is 0.252 e. The highest BCUT2D eigenvalue weighted by Crippen LogP contribution is 2.34. The number of benzene rings is 7. The molecule has 0 amide bonds. The van der Waals surface area contributed by atoms with E-state index in [2.05, 4.69) is 202 Å². The molecule has 0 spiro atoms. The Hall–Kier alpha value is -6.05. The summed E-state index contributed by atoms with van der Waals surface area (Å²) < 4.78 is 0. The molecule has 0 unspecified atom stereocenters. The van der Waals surface area contributed by atoms with Crippen LogP contribution in [0.15, 0.2) is 193 Å². The Balaban J connectivity index is 1.18. The third kappa shape index (κ3) is 6.72. The lowest BCUT2D eigenvalue weighted by molar-refractivity contribution is 1.43. The normalized spacial score (nSPS) is 11.8. The highest BCUT2D eigenvalue weighted by Gasteiger charge is 2.11. The molecule has 1 nitrogen and oxygen atoms in total. The molecular weight excluding hydrogens is 579 g/mol. The van der Waals surface area contributed by atoms with Gasteiger partial charge in [-0.1, -0.05) is 158 Å². The van der Waals surface area contributed by atoms with Crippen molar-refractivity contribution in [2.75, 3.05) is 0 Å². The van der Waals surface area contributed by atoms with Crippen LogP contribution in [0.2, 0.25) is 0 Å². The van der Waals surface area contributed by atoms with Gasteiger partial charge in [0.15, 0.2) is 0 Å². The van der Waals surface area contributed by atoms with E-state index in [4.69, 9.17) is 4.99 Å². The first-order chi connectivity index (χ1) is 23.7. The van der Waals surface area contributed by atoms with Gasteiger partial charge in [0, 0.05) is 11.3 Å². The molecule has 7 aromatic rings. The van der Waals surface area contributed by atoms with E-state index in [0.717, 1.165) is 22.5 Å². The van der Waals surface area contributed by atoms with Crippen LogP contribution in [-0.4, -0.2) is 5.71 Å². The average Bonchev–Trinajstić information content (AvgIpc) is 3.17. The van der Waals surface area contributed by atoms with Crippen LogP contribution in [0.4, 0.5) is 5.69 Å². The Morgan fingerprint density at radius 1 is 0.396 bits per heavy atom. The highest BCUT2D eigenvalue weighted by molar-refractivity contribution is 6.02. The molecule has 7 rings (SSSR count). The van der Waals surface area contributed by atoms with Crippen molar-refractivity contribution < 1.29 is 0 Å². The van der Waals surface area contributed by atoms with Crippen molar-refractivity contribution >= 4 is 17.0 Å². The molecule has 0 aliphatic heterocycles. The first-order valence-corrected chi connectivity index (χ1v) is 16.5. The third-order valence-electron chi connectivity index (χ3n) is 8.83. The second-order valence-corrected chi connectivity index (χ2v) is 12.0. The van der Waals surface area contributed by atoms with Crippen molar-refractivity contribution in [3.05, 3.63) is 205 Å². The van der Waals surface area contributed by atoms with Gasteiger partial charge >= 0.3 is 0 Å². The number of hydrogen-bond acceptors (Lipinski definition) is 1. The first-order valence-electron chi connectivity index (χ1n) is 16.5. The summed E-state index contributed by atoms with van der Waals surface area (Å²) in [4.78, 5) is 5.16. The van der Waals surface area contributed by atoms with Crippen LogP contribution < -0.4 is 0 Å². The fraction of sp³-hybridized carbons (Fsp3) is 0.0426. The average molecular weight is 616 g/mol. The van der Waals surface area contributed by atoms with Gasteiger partial charge < -0.3 is 0 Å². The lowest BCUT2D eigenvalue weighted by atomic mass is 9.94. The summed E-state index contributed by atoms with van der Waals surface area (Å²) in [6, 6.07) is 64.7. The van der Waals surface area contributed by atoms with Gasteiger partial charge in [-0.05, 0) is 105 Å². The van der Waals surface area contributed by atoms with Crippen molar-refractivity contribution in [3.63, 3.8) is 0 Å². The molecule has 7 aromatic carbocycles. The molecule has 0 bridgehead atoms. The number of para-hydroxylation sites is 1. The lowest BCUT2D eigenvalue weighted by Crippen LogP contribution is -1.96. The zero-order chi connectivity index (χ0) is 32.7. The molecule has 0 fully saturated rings. The van der Waals surface area contributed by atoms with Crippen LogP contribution in [-0.2, 0) is 0 Å². The second kappa shape index (κ2) is 14.2. The highest BCUT2D eigenvalue weighted by atomic mass is 14.7. The predicted octanol–water partition coefficient (Wildman–Crippen LogP) is 12.9. The minimum Gasteiger partial charge on any atom is -0.252 e. The summed E-state index contributed by atoms with van der Waals surface area (Å²) in [5.41, 5.74) is 16.2. The van der Waals surface area contributed by atoms with Crippen molar-refractivity contribution in [2.45, 2.75) is 13.8 Å². The molecule has 0 heterocycles. The summed E-state index contributed by atoms with van der Waals surface area (Å²) in [7, 11) is 0. The van der Waals surface area contributed by atoms with Crippen molar-refractivity contribution in [3.8, 4) is 44.5 Å². The monoisotopic (exact) mass is 615 g/mol. The molecule has 1 heteroatoms. The third-order valence-corrected chi connectivity index (χ3v) is 8.83. The Morgan fingerprint density at radius 2 is 0.792 bits per heavy atom. The topological polar surface area (TPSA) is 12.4 Å². The molecule has 230 valence electrons. The van der Waals surface area contributed by atoms with E-state index in [1.807, 2.05) is 0 Å². The summed E-state index contributed by atoms with van der Waals surface area (Å²) in [5.74, 6) is 0. The number of aliphatic imine (C=N–C) groups is 1. The molecule has 0 aliphatic rings. The predicted molar refractivity (Wildman–Crippen MR) is 206 cm³/mol. The van der Waals surface area contributed by atoms with E-state index in [1.54, 1.807) is 0 Å². The van der Waals surface area contributed by atoms with E-state index in [0.29, 0.717) is 0 Å². The van der Waals surface area contributed by atoms with Gasteiger partial charge in [0.05, 0.1) is 5.69 Å². The molecular formula is C47H37N. The van der Waals surface area contributed by atoms with Gasteiger partial charge in [0.2, 0.25) is 0 Å². The van der Waals surface area contributed by atoms with Gasteiger partial charge in [-0.2, -0.15) is 0 Å². The minimum absolute atomic E-state index is 0.966. The minimum atomic E-state index is 0.966. The molecule has 0 aromatic heterocycles. The van der Waals surface area contributed by atoms with Gasteiger partial charge in [0.25, 0.3) is 0 Å². The lowest BCUT2D eigenvalue weighted by Gasteiger charge is -2.12. The molecule has 0 saturated heterocycles. The van der Waals surface area contributed by atoms with Crippen LogP contribution in [0.3, 0.4) is 0 Å². The summed E-state index contributed by atoms with van der Waals surface area (Å²) in [6.07, 6.45) is 2.17. The van der Waals surface area contributed by atoms with Crippen molar-refractivity contribution in [1.29, 1.82) is 0 Å². The molecule has 0 aliphatic carbocycles. The van der Waals surface area contributed by atoms with Crippen LogP contribution >= 0.6 is 0 Å². The Bertz CT molecular complexity index is 2240. The van der Waals surface area contributed by atoms with E-state index < -0.39 is 0 Å². The van der Waals surface area contributed by atoms with E-state index in [1.165, 1.54) is 55.6 Å². The molecule has 0 radical (unpaired) electrons. The van der Waals surface area contributed by atoms with Crippen LogP contribution in [0.5, 0.6) is 0 Å². The summed E-state index contributed by atoms with van der Waals surface area (Å²) in [6.45, 7) is 4.19. The summed E-state index contributed by atoms with van der Waals surface area (Å²) in [5, 5.41) is 0. The number of rotatable bonds is 8. The maximum atomic E-state index is 5.16. The SMILES string of the molecule is CC=C(c1ccccc1)c1ccccc1N=C(C)c1cccc(-c2cccc(-c3cccc(-c4cccc(-c5ccccc5)c4)c3)c2)c1. The molecule has 0 atom stereocenters. The maximum Gasteiger partial charge on any atom is 0.0711 e. The number of allylic oxidation sites excluding steroid dienone is 1. The first kappa shape index (κ1) is 30.6. The summed E-state index contributed by atoms with van der Waals surface area (Å²) >= 11 is 0. The number of nitrogens with zero attached hydrogens (tertiary/aromatic N) is 1. The molecule has 0 N–H and O–H groups in total. The Kier molecular flexibility index (Phi) is 9.02. The quantitative estimate of drug-likeness (QED) is 0.151. The smallest absolute Gasteiger partial charge is 0.0711 e.